The van der Waals surface area contributed by atoms with Gasteiger partial charge in [-0.2, -0.15) is 25.9 Å². The topological polar surface area (TPSA) is 400 Å². The first kappa shape index (κ1) is 110. The number of likely N-dealkylation sites (N-methyl/N-ethyl adjacent to an activating group) is 1. The quantitative estimate of drug-likeness (QED) is 0.0563. The molecule has 31 nitrogen and oxygen atoms in total. The molecule has 134 heavy (non-hydrogen) atoms. The van der Waals surface area contributed by atoms with Crippen molar-refractivity contribution in [3.05, 3.63) is 255 Å². The van der Waals surface area contributed by atoms with Crippen LogP contribution in [0.4, 0.5) is 5.95 Å². The Bertz CT molecular complexity index is 5550. The molecule has 11 aromatic heterocycles. The number of rotatable bonds is 17. The van der Waals surface area contributed by atoms with Gasteiger partial charge in [-0.1, -0.05) is 151 Å². The lowest BCUT2D eigenvalue weighted by molar-refractivity contribution is -0.905. The van der Waals surface area contributed by atoms with Gasteiger partial charge < -0.3 is 30.2 Å². The number of thiazole rings is 1. The summed E-state index contributed by atoms with van der Waals surface area (Å²) in [4.78, 5) is 95.6. The molecular weight excluding hydrogens is 1700 g/mol. The first-order valence-corrected chi connectivity index (χ1v) is 46.9. The molecule has 4 N–H and O–H groups in total. The lowest BCUT2D eigenvalue weighted by atomic mass is 10.0. The Morgan fingerprint density at radius 3 is 1.44 bits per heavy atom. The molecule has 0 aliphatic carbocycles. The zero-order chi connectivity index (χ0) is 98.8. The monoisotopic (exact) mass is 1840 g/mol. The predicted molar refractivity (Wildman–Crippen MR) is 529 cm³/mol. The SMILES string of the molecule is CC(=O)N1CCN(c2ncc(C(C)C)cn2)CC1.CC(C)c1ccc[n+](O)c1.CC(C)c1ccnnc1.CC(C)c1cnc(CC(=O)N2CC(N(C)C)C2)nc1.CC(C)c1cnc(CC(=O)N2CC[C@H](N)C2)nc1.CC(C)c1cncc(-c2nn[nH]n2)c1.CC(C)c1cncc(C#N)c1.Cc1cc(C(C)C)cnc1C#N.Cc1nc2cc(C(C)C)ccc2s1.Cc1ncc(C(C)C)cn1. The fraction of sp³-hybridized carbons (Fsp3) is 0.480. The summed E-state index contributed by atoms with van der Waals surface area (Å²) in [7, 11) is 4.08. The van der Waals surface area contributed by atoms with Crippen LogP contribution in [0, 0.1) is 43.4 Å². The number of carbonyl (C=O) groups is 3. The molecule has 714 valence electrons. The fourth-order valence-electron chi connectivity index (χ4n) is 12.6. The molecule has 0 spiro atoms. The number of tetrazole rings is 1. The highest BCUT2D eigenvalue weighted by Gasteiger charge is 2.32. The number of hydrogen-bond donors (Lipinski definition) is 3. The van der Waals surface area contributed by atoms with Crippen molar-refractivity contribution in [2.45, 2.75) is 257 Å². The van der Waals surface area contributed by atoms with E-state index >= 15 is 0 Å². The van der Waals surface area contributed by atoms with Crippen molar-refractivity contribution in [2.75, 3.05) is 71.4 Å². The van der Waals surface area contributed by atoms with E-state index in [9.17, 15) is 14.4 Å². The Kier molecular flexibility index (Phi) is 46.1. The third-order valence-corrected chi connectivity index (χ3v) is 23.1. The number of carbonyl (C=O) groups excluding carboxylic acids is 3. The summed E-state index contributed by atoms with van der Waals surface area (Å²) in [6.07, 6.45) is 31.8. The first-order chi connectivity index (χ1) is 63.6. The number of anilines is 1. The molecule has 1 aromatic carbocycles. The zero-order valence-corrected chi connectivity index (χ0v) is 84.4. The summed E-state index contributed by atoms with van der Waals surface area (Å²) in [5.74, 6) is 8.52. The van der Waals surface area contributed by atoms with E-state index in [1.807, 2.05) is 118 Å². The Morgan fingerprint density at radius 2 is 1.01 bits per heavy atom. The third kappa shape index (κ3) is 38.0. The minimum atomic E-state index is 0.0697. The van der Waals surface area contributed by atoms with E-state index < -0.39 is 0 Å². The number of pyridine rings is 4. The average molecular weight is 1840 g/mol. The number of H-pyrrole nitrogens is 1. The fourth-order valence-corrected chi connectivity index (χ4v) is 13.5. The average Bonchev–Trinajstić information content (AvgIpc) is 1.65. The van der Waals surface area contributed by atoms with Crippen molar-refractivity contribution < 1.29 is 24.3 Å². The van der Waals surface area contributed by atoms with Crippen LogP contribution in [-0.2, 0) is 27.2 Å². The van der Waals surface area contributed by atoms with Crippen LogP contribution < -0.4 is 15.4 Å². The van der Waals surface area contributed by atoms with Gasteiger partial charge in [-0.15, -0.1) is 21.5 Å². The van der Waals surface area contributed by atoms with E-state index in [1.54, 1.807) is 85.1 Å². The summed E-state index contributed by atoms with van der Waals surface area (Å²) in [5, 5.41) is 48.5. The lowest BCUT2D eigenvalue weighted by Gasteiger charge is -2.42. The van der Waals surface area contributed by atoms with Gasteiger partial charge in [0.1, 0.15) is 35.3 Å². The number of aromatic nitrogens is 19. The molecule has 0 bridgehead atoms. The summed E-state index contributed by atoms with van der Waals surface area (Å²) >= 11 is 1.76. The van der Waals surface area contributed by atoms with Gasteiger partial charge in [0, 0.05) is 180 Å². The van der Waals surface area contributed by atoms with Crippen LogP contribution in [0.5, 0.6) is 0 Å². The van der Waals surface area contributed by atoms with Crippen LogP contribution in [0.2, 0.25) is 0 Å². The van der Waals surface area contributed by atoms with E-state index in [0.29, 0.717) is 107 Å². The Morgan fingerprint density at radius 1 is 0.515 bits per heavy atom. The Hall–Kier alpha value is -12.9. The van der Waals surface area contributed by atoms with E-state index in [4.69, 9.17) is 21.5 Å². The van der Waals surface area contributed by atoms with Gasteiger partial charge >= 0.3 is 0 Å². The summed E-state index contributed by atoms with van der Waals surface area (Å²) in [6.45, 7) is 56.1. The second-order valence-corrected chi connectivity index (χ2v) is 37.7. The van der Waals surface area contributed by atoms with Crippen LogP contribution in [0.25, 0.3) is 21.6 Å². The van der Waals surface area contributed by atoms with Gasteiger partial charge in [0.25, 0.3) is 0 Å². The van der Waals surface area contributed by atoms with Crippen molar-refractivity contribution in [1.82, 2.24) is 110 Å². The van der Waals surface area contributed by atoms with Crippen molar-refractivity contribution in [3.63, 3.8) is 0 Å². The lowest BCUT2D eigenvalue weighted by Crippen LogP contribution is -2.59. The second-order valence-electron chi connectivity index (χ2n) is 36.5. The molecular formula is C102H142N27O4S+. The van der Waals surface area contributed by atoms with Crippen LogP contribution in [0.1, 0.15) is 306 Å². The molecule has 0 unspecified atom stereocenters. The normalized spacial score (nSPS) is 13.2. The molecule has 0 radical (unpaired) electrons. The zero-order valence-electron chi connectivity index (χ0n) is 83.6. The minimum absolute atomic E-state index is 0.0697. The number of hydrogen-bond acceptors (Lipinski definition) is 27. The standard InChI is InChI=1S/C14H22N4O.2C13H20N4O.C11H13NS.C10H12N2.C9H11N5.C9H10N2.C8H12N2.C8H12NO.C7H10N2/c1-10(2)11-6-15-13(16-7-11)5-14(19)18-8-12(9-18)17(3)4;1-10(2)12-8-14-13(15-9-12)17-6-4-16(5-7-17)11(3)18;1-9(2)10-6-15-12(16-7-10)5-13(18)17-4-3-11(14)8-17;1-7(2)9-4-5-11-10(6-9)12-8(3)13-11;1-7(2)9-4-8(3)10(5-11)12-6-9;1-6(2)7-3-8(5-10-4-7)9-11-13-14-12-9;1-7(2)9-3-8(4-10)5-11-6-9;1-6(2)8-4-9-7(3)10-5-8;1-7(2)8-4-3-5-9(10)6-8;1-6(2)7-3-4-8-9-5-7/h6-7,10,12H,5,8-9H2,1-4H3;8-10H,4-7H2,1-3H3;6-7,9,11H,3-5,8,14H2,1-2H3;4-7H,1-3H3;4,6-7H,1-3H3;3-6H,1-2H3,(H,11,12,13,14);3,5-7H,1-2H3;4-6H,1-3H3;3-7,10H,1-2H3;3-6H,1-2H3/q;;;;;;;;+1;/t;;11-;;;;;;;/m..0......./s1. The molecule has 32 heteroatoms. The smallest absolute Gasteiger partial charge is 0.230 e. The molecule has 0 saturated carbocycles. The number of nitrogens with one attached hydrogen (secondary N) is 1. The van der Waals surface area contributed by atoms with Gasteiger partial charge in [0.05, 0.1) is 39.8 Å². The molecule has 12 aromatic rings. The van der Waals surface area contributed by atoms with Gasteiger partial charge in [-0.3, -0.25) is 29.6 Å². The van der Waals surface area contributed by atoms with Crippen molar-refractivity contribution in [1.29, 1.82) is 10.5 Å². The highest BCUT2D eigenvalue weighted by atomic mass is 32.1. The molecule has 14 heterocycles. The molecule has 3 saturated heterocycles. The number of aromatic amines is 1. The van der Waals surface area contributed by atoms with Crippen molar-refractivity contribution >= 4 is 45.2 Å². The maximum Gasteiger partial charge on any atom is 0.230 e. The first-order valence-electron chi connectivity index (χ1n) is 46.1. The highest BCUT2D eigenvalue weighted by molar-refractivity contribution is 7.18. The number of likely N-dealkylation sites (tertiary alicyclic amines) is 2. The molecule has 15 rings (SSSR count). The van der Waals surface area contributed by atoms with Crippen LogP contribution in [0.15, 0.2) is 160 Å². The Balaban J connectivity index is 0.000000231. The van der Waals surface area contributed by atoms with Gasteiger partial charge in [0.15, 0.2) is 0 Å². The molecule has 3 amide bonds. The van der Waals surface area contributed by atoms with E-state index in [-0.39, 0.29) is 30.2 Å². The molecule has 3 aliphatic heterocycles. The van der Waals surface area contributed by atoms with E-state index in [2.05, 4.69) is 276 Å². The third-order valence-electron chi connectivity index (χ3n) is 22.1. The molecule has 1 atom stereocenters. The van der Waals surface area contributed by atoms with Gasteiger partial charge in [-0.25, -0.2) is 49.8 Å². The highest BCUT2D eigenvalue weighted by Crippen LogP contribution is 2.27. The van der Waals surface area contributed by atoms with Crippen LogP contribution in [0.3, 0.4) is 0 Å². The predicted octanol–water partition coefficient (Wildman–Crippen LogP) is 17.3. The number of nitriles is 2. The minimum Gasteiger partial charge on any atom is -0.341 e. The summed E-state index contributed by atoms with van der Waals surface area (Å²) in [5.41, 5.74) is 21.7. The van der Waals surface area contributed by atoms with E-state index in [1.165, 1.54) is 32.5 Å². The number of nitrogens with zero attached hydrogens (tertiary/aromatic N) is 25. The molecule has 3 fully saturated rings. The summed E-state index contributed by atoms with van der Waals surface area (Å²) in [6, 6.07) is 23.0. The number of piperazine rings is 1. The van der Waals surface area contributed by atoms with Crippen LogP contribution >= 0.6 is 11.3 Å². The van der Waals surface area contributed by atoms with Gasteiger partial charge in [-0.05, 0) is 198 Å². The number of aryl methyl sites for hydroxylation is 3. The Labute approximate surface area is 797 Å². The number of benzene rings is 1. The van der Waals surface area contributed by atoms with Crippen molar-refractivity contribution in [3.8, 4) is 23.5 Å². The van der Waals surface area contributed by atoms with Crippen molar-refractivity contribution in [2.24, 2.45) is 5.73 Å². The maximum atomic E-state index is 12.0. The maximum absolute atomic E-state index is 12.0. The molecule has 3 aliphatic rings. The number of amides is 3. The number of fused-ring (bicyclic) bond motifs is 1. The van der Waals surface area contributed by atoms with E-state index in [0.717, 1.165) is 118 Å². The van der Waals surface area contributed by atoms with Gasteiger partial charge in [0.2, 0.25) is 41.9 Å². The van der Waals surface area contributed by atoms with Crippen LogP contribution in [-0.4, -0.2) is 212 Å². The largest absolute Gasteiger partial charge is 0.341 e. The summed E-state index contributed by atoms with van der Waals surface area (Å²) < 4.78 is 2.37. The second kappa shape index (κ2) is 56.2. The number of nitrogens with two attached hydrogens (primary N) is 1.